The monoisotopic (exact) mass is 492 g/mol. The van der Waals surface area contributed by atoms with Gasteiger partial charge in [0.15, 0.2) is 0 Å². The molecule has 0 unspecified atom stereocenters. The molecule has 0 radical (unpaired) electrons. The molecule has 2 heterocycles. The van der Waals surface area contributed by atoms with E-state index in [1.54, 1.807) is 0 Å². The highest BCUT2D eigenvalue weighted by atomic mass is 16.1. The Labute approximate surface area is 214 Å². The van der Waals surface area contributed by atoms with Gasteiger partial charge in [0, 0.05) is 57.1 Å². The van der Waals surface area contributed by atoms with Gasteiger partial charge in [-0.05, 0) is 56.7 Å². The quantitative estimate of drug-likeness (QED) is 0.405. The van der Waals surface area contributed by atoms with E-state index < -0.39 is 0 Å². The zero-order chi connectivity index (χ0) is 25.5. The van der Waals surface area contributed by atoms with Crippen LogP contribution in [0.15, 0.2) is 30.9 Å². The number of nitrogens with zero attached hydrogens (tertiary/aromatic N) is 5. The van der Waals surface area contributed by atoms with Gasteiger partial charge in [-0.25, -0.2) is 0 Å². The molecule has 1 amide bonds. The third-order valence-corrected chi connectivity index (χ3v) is 7.05. The molecule has 1 aliphatic heterocycles. The fourth-order valence-electron chi connectivity index (χ4n) is 5.08. The largest absolute Gasteiger partial charge is 0.352 e. The molecule has 1 aliphatic carbocycles. The normalized spacial score (nSPS) is 18.2. The first-order chi connectivity index (χ1) is 17.4. The molecule has 36 heavy (non-hydrogen) atoms. The van der Waals surface area contributed by atoms with Crippen LogP contribution in [0, 0.1) is 12.8 Å². The van der Waals surface area contributed by atoms with E-state index in [1.165, 1.54) is 25.7 Å². The van der Waals surface area contributed by atoms with Crippen molar-refractivity contribution < 1.29 is 4.79 Å². The van der Waals surface area contributed by atoms with Crippen molar-refractivity contribution in [3.63, 3.8) is 0 Å². The van der Waals surface area contributed by atoms with Crippen LogP contribution in [0.5, 0.6) is 0 Å². The number of benzene rings is 1. The number of likely N-dealkylation sites (tertiary alicyclic amines) is 1. The number of amides is 1. The number of aromatic nitrogens is 3. The Balaban J connectivity index is 1.57. The lowest BCUT2D eigenvalue weighted by molar-refractivity contribution is 0.0956. The van der Waals surface area contributed by atoms with Crippen molar-refractivity contribution >= 4 is 29.4 Å². The second-order valence-electron chi connectivity index (χ2n) is 10.0. The first kappa shape index (κ1) is 25.9. The van der Waals surface area contributed by atoms with Crippen LogP contribution in [-0.2, 0) is 0 Å². The van der Waals surface area contributed by atoms with Crippen molar-refractivity contribution in [3.8, 4) is 0 Å². The van der Waals surface area contributed by atoms with Crippen LogP contribution in [0.2, 0.25) is 0 Å². The molecule has 1 aromatic heterocycles. The molecule has 2 fully saturated rings. The Kier molecular flexibility index (Phi) is 8.74. The molecule has 2 aromatic rings. The molecule has 1 saturated heterocycles. The van der Waals surface area contributed by atoms with Gasteiger partial charge in [0.25, 0.3) is 5.91 Å². The summed E-state index contributed by atoms with van der Waals surface area (Å²) in [5.41, 5.74) is 2.41. The Morgan fingerprint density at radius 3 is 2.72 bits per heavy atom. The lowest BCUT2D eigenvalue weighted by atomic mass is 10.1. The van der Waals surface area contributed by atoms with Gasteiger partial charge in [0.05, 0.1) is 0 Å². The Hall–Kier alpha value is -3.20. The zero-order valence-corrected chi connectivity index (χ0v) is 21.9. The molecule has 9 nitrogen and oxygen atoms in total. The van der Waals surface area contributed by atoms with Crippen molar-refractivity contribution in [2.24, 2.45) is 5.92 Å². The van der Waals surface area contributed by atoms with Crippen molar-refractivity contribution in [2.75, 3.05) is 55.3 Å². The van der Waals surface area contributed by atoms with Gasteiger partial charge in [-0.1, -0.05) is 25.0 Å². The van der Waals surface area contributed by atoms with Crippen LogP contribution >= 0.6 is 0 Å². The smallest absolute Gasteiger partial charge is 0.251 e. The molecule has 1 atom stereocenters. The first-order valence-corrected chi connectivity index (χ1v) is 13.2. The Morgan fingerprint density at radius 1 is 1.19 bits per heavy atom. The molecule has 9 heteroatoms. The van der Waals surface area contributed by atoms with Gasteiger partial charge >= 0.3 is 0 Å². The summed E-state index contributed by atoms with van der Waals surface area (Å²) in [6.07, 6.45) is 8.11. The lowest BCUT2D eigenvalue weighted by Crippen LogP contribution is -2.29. The third kappa shape index (κ3) is 6.72. The lowest BCUT2D eigenvalue weighted by Gasteiger charge is -2.23. The van der Waals surface area contributed by atoms with Gasteiger partial charge in [-0.2, -0.15) is 15.0 Å². The van der Waals surface area contributed by atoms with Crippen LogP contribution in [0.3, 0.4) is 0 Å². The molecule has 4 rings (SSSR count). The molecule has 194 valence electrons. The summed E-state index contributed by atoms with van der Waals surface area (Å²) in [6, 6.07) is 5.90. The summed E-state index contributed by atoms with van der Waals surface area (Å²) in [7, 11) is 2.06. The third-order valence-electron chi connectivity index (χ3n) is 7.05. The van der Waals surface area contributed by atoms with E-state index in [1.807, 2.05) is 38.1 Å². The number of nitrogens with one attached hydrogen (secondary N) is 3. The summed E-state index contributed by atoms with van der Waals surface area (Å²) < 4.78 is 0. The van der Waals surface area contributed by atoms with Crippen LogP contribution in [0.1, 0.15) is 54.9 Å². The maximum atomic E-state index is 12.4. The van der Waals surface area contributed by atoms with E-state index in [0.717, 1.165) is 43.9 Å². The highest BCUT2D eigenvalue weighted by Gasteiger charge is 2.24. The number of rotatable bonds is 11. The Bertz CT molecular complexity index is 1050. The summed E-state index contributed by atoms with van der Waals surface area (Å²) in [6.45, 7) is 12.1. The molecule has 1 aromatic carbocycles. The second kappa shape index (κ2) is 12.2. The summed E-state index contributed by atoms with van der Waals surface area (Å²) in [4.78, 5) is 31.2. The number of carbonyl (C=O) groups is 1. The highest BCUT2D eigenvalue weighted by Crippen LogP contribution is 2.27. The van der Waals surface area contributed by atoms with Gasteiger partial charge < -0.3 is 20.9 Å². The Morgan fingerprint density at radius 2 is 1.97 bits per heavy atom. The molecule has 2 aliphatic rings. The summed E-state index contributed by atoms with van der Waals surface area (Å²) in [5.74, 6) is 2.28. The van der Waals surface area contributed by atoms with Crippen molar-refractivity contribution in [1.29, 1.82) is 0 Å². The van der Waals surface area contributed by atoms with Crippen LogP contribution in [-0.4, -0.2) is 71.6 Å². The minimum Gasteiger partial charge on any atom is -0.352 e. The van der Waals surface area contributed by atoms with Gasteiger partial charge in [-0.15, -0.1) is 6.58 Å². The minimum atomic E-state index is -0.0964. The van der Waals surface area contributed by atoms with E-state index in [2.05, 4.69) is 39.4 Å². The average Bonchev–Trinajstić information content (AvgIpc) is 3.53. The van der Waals surface area contributed by atoms with Gasteiger partial charge in [-0.3, -0.25) is 9.69 Å². The maximum absolute atomic E-state index is 12.4. The average molecular weight is 493 g/mol. The molecule has 0 bridgehead atoms. The predicted octanol–water partition coefficient (Wildman–Crippen LogP) is 3.97. The number of aryl methyl sites for hydroxylation is 1. The van der Waals surface area contributed by atoms with E-state index >= 15 is 0 Å². The minimum absolute atomic E-state index is 0.0964. The zero-order valence-electron chi connectivity index (χ0n) is 21.9. The van der Waals surface area contributed by atoms with Gasteiger partial charge in [0.2, 0.25) is 17.8 Å². The number of hydrogen-bond donors (Lipinski definition) is 3. The number of carbonyl (C=O) groups excluding carboxylic acids is 1. The SMILES string of the molecule is C=CCN1CC[C@@H](Nc2nc(Nc3cc(C(=O)NCC)ccc3C)nc(N(C)CC3CCCC3)n2)C1. The van der Waals surface area contributed by atoms with Crippen molar-refractivity contribution in [2.45, 2.75) is 52.0 Å². The topological polar surface area (TPSA) is 98.3 Å². The maximum Gasteiger partial charge on any atom is 0.251 e. The standard InChI is InChI=1S/C27H40N8O/c1-5-14-35-15-13-22(18-35)29-25-31-26(33-27(32-25)34(4)17-20-9-7-8-10-20)30-23-16-21(12-11-19(23)3)24(36)28-6-2/h5,11-12,16,20,22H,1,6-10,13-15,17-18H2,2-4H3,(H,28,36)(H2,29,30,31,32,33)/t22-/m1/s1. The second-order valence-corrected chi connectivity index (χ2v) is 10.0. The summed E-state index contributed by atoms with van der Waals surface area (Å²) >= 11 is 0. The van der Waals surface area contributed by atoms with E-state index in [0.29, 0.717) is 35.9 Å². The fourth-order valence-corrected chi connectivity index (χ4v) is 5.08. The number of anilines is 4. The highest BCUT2D eigenvalue weighted by molar-refractivity contribution is 5.95. The molecule has 1 saturated carbocycles. The first-order valence-electron chi connectivity index (χ1n) is 13.2. The molecule has 3 N–H and O–H groups in total. The van der Waals surface area contributed by atoms with E-state index in [-0.39, 0.29) is 11.9 Å². The van der Waals surface area contributed by atoms with E-state index in [9.17, 15) is 4.79 Å². The summed E-state index contributed by atoms with van der Waals surface area (Å²) in [5, 5.41) is 9.75. The molecular formula is C27H40N8O. The molecular weight excluding hydrogens is 452 g/mol. The van der Waals surface area contributed by atoms with Crippen LogP contribution in [0.4, 0.5) is 23.5 Å². The molecule has 0 spiro atoms. The van der Waals surface area contributed by atoms with Gasteiger partial charge in [0.1, 0.15) is 0 Å². The van der Waals surface area contributed by atoms with Crippen molar-refractivity contribution in [3.05, 3.63) is 42.0 Å². The van der Waals surface area contributed by atoms with Crippen molar-refractivity contribution in [1.82, 2.24) is 25.2 Å². The predicted molar refractivity (Wildman–Crippen MR) is 146 cm³/mol. The number of hydrogen-bond acceptors (Lipinski definition) is 8. The fraction of sp³-hybridized carbons (Fsp3) is 0.556. The van der Waals surface area contributed by atoms with Crippen LogP contribution < -0.4 is 20.9 Å². The van der Waals surface area contributed by atoms with Crippen LogP contribution in [0.25, 0.3) is 0 Å². The van der Waals surface area contributed by atoms with E-state index in [4.69, 9.17) is 15.0 Å².